The first-order valence-corrected chi connectivity index (χ1v) is 6.66. The van der Waals surface area contributed by atoms with Gasteiger partial charge in [-0.25, -0.2) is 0 Å². The summed E-state index contributed by atoms with van der Waals surface area (Å²) >= 11 is 0. The Morgan fingerprint density at radius 2 is 2.17 bits per heavy atom. The average molecular weight is 246 g/mol. The lowest BCUT2D eigenvalue weighted by atomic mass is 9.82. The average Bonchev–Trinajstić information content (AvgIpc) is 3.14. The standard InChI is InChI=1S/C15H18O3/c16-12-7-4-8-14-15(12,18-14)13(17)10-9-11-5-2-1-3-6-11/h1-3,5-6,13-14,17H,4,7-10H2/t13-,14?,15?/m1/s1. The molecule has 2 aliphatic rings. The number of benzene rings is 1. The molecule has 1 aliphatic carbocycles. The largest absolute Gasteiger partial charge is 0.390 e. The third-order valence-electron chi connectivity index (χ3n) is 4.11. The smallest absolute Gasteiger partial charge is 0.178 e. The van der Waals surface area contributed by atoms with Gasteiger partial charge >= 0.3 is 0 Å². The Kier molecular flexibility index (Phi) is 2.96. The number of rotatable bonds is 4. The highest BCUT2D eigenvalue weighted by Gasteiger charge is 2.66. The molecule has 2 fully saturated rings. The van der Waals surface area contributed by atoms with E-state index in [0.29, 0.717) is 12.8 Å². The van der Waals surface area contributed by atoms with E-state index in [2.05, 4.69) is 0 Å². The Hall–Kier alpha value is -1.19. The van der Waals surface area contributed by atoms with E-state index in [-0.39, 0.29) is 11.9 Å². The molecule has 18 heavy (non-hydrogen) atoms. The summed E-state index contributed by atoms with van der Waals surface area (Å²) < 4.78 is 5.53. The van der Waals surface area contributed by atoms with E-state index < -0.39 is 11.7 Å². The van der Waals surface area contributed by atoms with Crippen molar-refractivity contribution in [3.8, 4) is 0 Å². The maximum absolute atomic E-state index is 11.9. The number of aliphatic hydroxyl groups is 1. The number of aliphatic hydroxyl groups excluding tert-OH is 1. The minimum absolute atomic E-state index is 0.0236. The topological polar surface area (TPSA) is 49.8 Å². The fourth-order valence-electron chi connectivity index (χ4n) is 3.00. The maximum atomic E-state index is 11.9. The lowest BCUT2D eigenvalue weighted by Gasteiger charge is -2.21. The van der Waals surface area contributed by atoms with Crippen LogP contribution in [0.25, 0.3) is 0 Å². The summed E-state index contributed by atoms with van der Waals surface area (Å²) in [5.74, 6) is 0.0966. The van der Waals surface area contributed by atoms with E-state index in [0.717, 1.165) is 19.3 Å². The van der Waals surface area contributed by atoms with Crippen LogP contribution in [0.1, 0.15) is 31.2 Å². The van der Waals surface area contributed by atoms with Crippen LogP contribution >= 0.6 is 0 Å². The van der Waals surface area contributed by atoms with Gasteiger partial charge in [-0.2, -0.15) is 0 Å². The molecule has 0 aromatic heterocycles. The van der Waals surface area contributed by atoms with E-state index in [9.17, 15) is 9.90 Å². The van der Waals surface area contributed by atoms with Gasteiger partial charge in [-0.15, -0.1) is 0 Å². The van der Waals surface area contributed by atoms with Crippen molar-refractivity contribution in [1.82, 2.24) is 0 Å². The van der Waals surface area contributed by atoms with Gasteiger partial charge in [-0.1, -0.05) is 30.3 Å². The molecule has 1 aliphatic heterocycles. The molecular weight excluding hydrogens is 228 g/mol. The van der Waals surface area contributed by atoms with Gasteiger partial charge in [0.1, 0.15) is 0 Å². The third-order valence-corrected chi connectivity index (χ3v) is 4.11. The summed E-state index contributed by atoms with van der Waals surface area (Å²) in [6.45, 7) is 0. The zero-order chi connectivity index (χ0) is 12.6. The van der Waals surface area contributed by atoms with Crippen LogP contribution in [-0.4, -0.2) is 28.7 Å². The number of aryl methyl sites for hydroxylation is 1. The summed E-state index contributed by atoms with van der Waals surface area (Å²) in [6, 6.07) is 10.0. The monoisotopic (exact) mass is 246 g/mol. The van der Waals surface area contributed by atoms with Crippen molar-refractivity contribution in [2.24, 2.45) is 0 Å². The molecular formula is C15H18O3. The number of ketones is 1. The molecule has 1 N–H and O–H groups in total. The van der Waals surface area contributed by atoms with Crippen LogP contribution in [0, 0.1) is 0 Å². The second-order valence-corrected chi connectivity index (χ2v) is 5.26. The van der Waals surface area contributed by atoms with Crippen LogP contribution in [0.2, 0.25) is 0 Å². The lowest BCUT2D eigenvalue weighted by Crippen LogP contribution is -2.42. The molecule has 2 unspecified atom stereocenters. The van der Waals surface area contributed by atoms with Crippen molar-refractivity contribution in [3.05, 3.63) is 35.9 Å². The van der Waals surface area contributed by atoms with Gasteiger partial charge in [0.2, 0.25) is 0 Å². The minimum atomic E-state index is -0.840. The van der Waals surface area contributed by atoms with Crippen molar-refractivity contribution in [2.45, 2.75) is 49.9 Å². The van der Waals surface area contributed by atoms with Gasteiger partial charge in [0.25, 0.3) is 0 Å². The number of hydrogen-bond donors (Lipinski definition) is 1. The van der Waals surface area contributed by atoms with Crippen LogP contribution in [0.4, 0.5) is 0 Å². The minimum Gasteiger partial charge on any atom is -0.390 e. The second kappa shape index (κ2) is 4.48. The van der Waals surface area contributed by atoms with Crippen LogP contribution in [-0.2, 0) is 16.0 Å². The zero-order valence-electron chi connectivity index (χ0n) is 10.3. The van der Waals surface area contributed by atoms with Gasteiger partial charge < -0.3 is 9.84 Å². The number of hydrogen-bond acceptors (Lipinski definition) is 3. The second-order valence-electron chi connectivity index (χ2n) is 5.26. The van der Waals surface area contributed by atoms with Crippen molar-refractivity contribution < 1.29 is 14.6 Å². The Morgan fingerprint density at radius 1 is 1.39 bits per heavy atom. The Bertz CT molecular complexity index is 442. The first-order valence-electron chi connectivity index (χ1n) is 6.66. The SMILES string of the molecule is O=C1CCCC2OC12[C@H](O)CCc1ccccc1. The van der Waals surface area contributed by atoms with Gasteiger partial charge in [-0.05, 0) is 31.2 Å². The van der Waals surface area contributed by atoms with Gasteiger partial charge in [0.05, 0.1) is 12.2 Å². The fourth-order valence-corrected chi connectivity index (χ4v) is 3.00. The number of carbonyl (C=O) groups is 1. The molecule has 1 saturated carbocycles. The molecule has 0 amide bonds. The molecule has 1 saturated heterocycles. The van der Waals surface area contributed by atoms with E-state index in [1.165, 1.54) is 5.56 Å². The highest BCUT2D eigenvalue weighted by molar-refractivity contribution is 5.92. The van der Waals surface area contributed by atoms with E-state index in [4.69, 9.17) is 4.74 Å². The van der Waals surface area contributed by atoms with E-state index in [1.54, 1.807) is 0 Å². The molecule has 0 bridgehead atoms. The van der Waals surface area contributed by atoms with Gasteiger partial charge in [0.15, 0.2) is 11.4 Å². The van der Waals surface area contributed by atoms with Crippen molar-refractivity contribution >= 4 is 5.78 Å². The molecule has 3 rings (SSSR count). The molecule has 96 valence electrons. The quantitative estimate of drug-likeness (QED) is 0.825. The Labute approximate surface area is 107 Å². The molecule has 0 spiro atoms. The van der Waals surface area contributed by atoms with Gasteiger partial charge in [-0.3, -0.25) is 4.79 Å². The van der Waals surface area contributed by atoms with Crippen LogP contribution < -0.4 is 0 Å². The summed E-state index contributed by atoms with van der Waals surface area (Å²) in [5, 5.41) is 10.3. The third kappa shape index (κ3) is 1.88. The first-order chi connectivity index (χ1) is 8.73. The highest BCUT2D eigenvalue weighted by Crippen LogP contribution is 2.48. The molecule has 3 atom stereocenters. The van der Waals surface area contributed by atoms with Crippen LogP contribution in [0.3, 0.4) is 0 Å². The zero-order valence-corrected chi connectivity index (χ0v) is 10.3. The number of epoxide rings is 1. The molecule has 0 radical (unpaired) electrons. The lowest BCUT2D eigenvalue weighted by molar-refractivity contribution is -0.129. The summed E-state index contributed by atoms with van der Waals surface area (Å²) in [6.07, 6.45) is 3.06. The summed E-state index contributed by atoms with van der Waals surface area (Å²) in [7, 11) is 0. The molecule has 3 heteroatoms. The fraction of sp³-hybridized carbons (Fsp3) is 0.533. The first kappa shape index (κ1) is 11.9. The van der Waals surface area contributed by atoms with Crippen molar-refractivity contribution in [1.29, 1.82) is 0 Å². The number of ether oxygens (including phenoxy) is 1. The number of fused-ring (bicyclic) bond motifs is 1. The number of Topliss-reactive ketones (excluding diaryl/α,β-unsaturated/α-hetero) is 1. The summed E-state index contributed by atoms with van der Waals surface area (Å²) in [4.78, 5) is 11.9. The number of carbonyl (C=O) groups excluding carboxylic acids is 1. The maximum Gasteiger partial charge on any atom is 0.178 e. The molecule has 3 nitrogen and oxygen atoms in total. The predicted octanol–water partition coefficient (Wildman–Crippen LogP) is 1.87. The van der Waals surface area contributed by atoms with Crippen LogP contribution in [0.15, 0.2) is 30.3 Å². The van der Waals surface area contributed by atoms with E-state index >= 15 is 0 Å². The van der Waals surface area contributed by atoms with Crippen molar-refractivity contribution in [3.63, 3.8) is 0 Å². The van der Waals surface area contributed by atoms with Crippen molar-refractivity contribution in [2.75, 3.05) is 0 Å². The Morgan fingerprint density at radius 3 is 2.89 bits per heavy atom. The Balaban J connectivity index is 1.62. The van der Waals surface area contributed by atoms with Crippen LogP contribution in [0.5, 0.6) is 0 Å². The predicted molar refractivity (Wildman–Crippen MR) is 67.2 cm³/mol. The van der Waals surface area contributed by atoms with E-state index in [1.807, 2.05) is 30.3 Å². The molecule has 1 aromatic rings. The molecule has 1 heterocycles. The normalized spacial score (nSPS) is 31.8. The highest BCUT2D eigenvalue weighted by atomic mass is 16.6. The van der Waals surface area contributed by atoms with Gasteiger partial charge in [0, 0.05) is 6.42 Å². The molecule has 1 aromatic carbocycles. The summed E-state index contributed by atoms with van der Waals surface area (Å²) in [5.41, 5.74) is 0.348.